The number of halogens is 3. The molecule has 0 aromatic carbocycles. The Morgan fingerprint density at radius 3 is 2.56 bits per heavy atom. The van der Waals surface area contributed by atoms with Gasteiger partial charge in [-0.25, -0.2) is 0 Å². The van der Waals surface area contributed by atoms with Gasteiger partial charge < -0.3 is 10.1 Å². The highest BCUT2D eigenvalue weighted by Crippen LogP contribution is 2.29. The number of nitrogens with one attached hydrogen (secondary N) is 2. The average molecular weight is 318 g/mol. The van der Waals surface area contributed by atoms with Crippen molar-refractivity contribution in [1.29, 1.82) is 0 Å². The lowest BCUT2D eigenvalue weighted by Gasteiger charge is -2.28. The molecule has 0 spiro atoms. The highest BCUT2D eigenvalue weighted by molar-refractivity contribution is 6.68. The van der Waals surface area contributed by atoms with E-state index in [-0.39, 0.29) is 17.9 Å². The summed E-state index contributed by atoms with van der Waals surface area (Å²) in [5.41, 5.74) is 0. The molecule has 1 aliphatic heterocycles. The summed E-state index contributed by atoms with van der Waals surface area (Å²) < 4.78 is 3.87. The first-order valence-electron chi connectivity index (χ1n) is 6.02. The molecule has 1 rings (SSSR count). The van der Waals surface area contributed by atoms with Gasteiger partial charge in [-0.05, 0) is 12.8 Å². The molecule has 4 nitrogen and oxygen atoms in total. The van der Waals surface area contributed by atoms with Crippen LogP contribution in [0.5, 0.6) is 0 Å². The van der Waals surface area contributed by atoms with Crippen LogP contribution in [-0.2, 0) is 9.53 Å². The van der Waals surface area contributed by atoms with Gasteiger partial charge in [0.25, 0.3) is 0 Å². The molecule has 0 saturated carbocycles. The van der Waals surface area contributed by atoms with Crippen molar-refractivity contribution >= 4 is 40.7 Å². The number of amides is 1. The molecule has 0 unspecified atom stereocenters. The molecule has 1 fully saturated rings. The normalized spacial score (nSPS) is 22.2. The molecule has 0 aliphatic carbocycles. The maximum atomic E-state index is 11.6. The van der Waals surface area contributed by atoms with Gasteiger partial charge in [-0.15, -0.1) is 0 Å². The van der Waals surface area contributed by atoms with E-state index in [1.165, 1.54) is 0 Å². The molecule has 106 valence electrons. The van der Waals surface area contributed by atoms with E-state index in [0.717, 1.165) is 19.4 Å². The van der Waals surface area contributed by atoms with E-state index in [4.69, 9.17) is 39.5 Å². The Hall–Kier alpha value is 0.260. The highest BCUT2D eigenvalue weighted by atomic mass is 35.6. The molecule has 0 aromatic heterocycles. The molecule has 7 heteroatoms. The van der Waals surface area contributed by atoms with Crippen LogP contribution in [0, 0.1) is 5.92 Å². The third-order valence-corrected chi connectivity index (χ3v) is 3.37. The van der Waals surface area contributed by atoms with Crippen molar-refractivity contribution in [3.8, 4) is 0 Å². The molecular weight excluding hydrogens is 298 g/mol. The van der Waals surface area contributed by atoms with Gasteiger partial charge in [0, 0.05) is 19.1 Å². The van der Waals surface area contributed by atoms with Crippen LogP contribution in [0.2, 0.25) is 0 Å². The van der Waals surface area contributed by atoms with Gasteiger partial charge in [0.05, 0.1) is 6.10 Å². The van der Waals surface area contributed by atoms with E-state index < -0.39 is 9.96 Å². The predicted molar refractivity (Wildman–Crippen MR) is 74.0 cm³/mol. The Morgan fingerprint density at radius 2 is 2.11 bits per heavy atom. The van der Waals surface area contributed by atoms with Gasteiger partial charge >= 0.3 is 0 Å². The quantitative estimate of drug-likeness (QED) is 0.604. The molecule has 0 aromatic rings. The van der Waals surface area contributed by atoms with E-state index in [2.05, 4.69) is 10.6 Å². The Bertz CT molecular complexity index is 276. The zero-order valence-corrected chi connectivity index (χ0v) is 12.8. The van der Waals surface area contributed by atoms with Crippen LogP contribution >= 0.6 is 34.8 Å². The SMILES string of the molecule is CC(C)C(=O)N[C@@H](NC[C@@H]1CCCO1)C(Cl)(Cl)Cl. The molecule has 0 radical (unpaired) electrons. The van der Waals surface area contributed by atoms with Crippen molar-refractivity contribution in [3.05, 3.63) is 0 Å². The van der Waals surface area contributed by atoms with Crippen LogP contribution in [0.4, 0.5) is 0 Å². The summed E-state index contributed by atoms with van der Waals surface area (Å²) in [6.07, 6.45) is 1.43. The summed E-state index contributed by atoms with van der Waals surface area (Å²) in [6, 6.07) is 0. The van der Waals surface area contributed by atoms with Gasteiger partial charge in [0.1, 0.15) is 6.17 Å². The van der Waals surface area contributed by atoms with Crippen LogP contribution in [0.3, 0.4) is 0 Å². The lowest BCUT2D eigenvalue weighted by atomic mass is 10.2. The van der Waals surface area contributed by atoms with E-state index in [1.807, 2.05) is 0 Å². The first-order valence-corrected chi connectivity index (χ1v) is 7.16. The first-order chi connectivity index (χ1) is 8.30. The first kappa shape index (κ1) is 16.3. The lowest BCUT2D eigenvalue weighted by molar-refractivity contribution is -0.124. The van der Waals surface area contributed by atoms with Crippen molar-refractivity contribution in [1.82, 2.24) is 10.6 Å². The van der Waals surface area contributed by atoms with E-state index in [1.54, 1.807) is 13.8 Å². The third-order valence-electron chi connectivity index (χ3n) is 2.71. The minimum atomic E-state index is -1.59. The Balaban J connectivity index is 2.47. The summed E-state index contributed by atoms with van der Waals surface area (Å²) >= 11 is 17.5. The fraction of sp³-hybridized carbons (Fsp3) is 0.909. The maximum Gasteiger partial charge on any atom is 0.223 e. The smallest absolute Gasteiger partial charge is 0.223 e. The Morgan fingerprint density at radius 1 is 1.44 bits per heavy atom. The second-order valence-electron chi connectivity index (χ2n) is 4.68. The molecule has 0 bridgehead atoms. The van der Waals surface area contributed by atoms with Gasteiger partial charge in [-0.1, -0.05) is 48.7 Å². The van der Waals surface area contributed by atoms with Gasteiger partial charge in [-0.2, -0.15) is 0 Å². The molecule has 2 N–H and O–H groups in total. The summed E-state index contributed by atoms with van der Waals surface area (Å²) in [5.74, 6) is -0.324. The summed E-state index contributed by atoms with van der Waals surface area (Å²) in [5, 5.41) is 5.71. The number of alkyl halides is 3. The van der Waals surface area contributed by atoms with Crippen molar-refractivity contribution in [3.63, 3.8) is 0 Å². The largest absolute Gasteiger partial charge is 0.377 e. The van der Waals surface area contributed by atoms with Crippen LogP contribution < -0.4 is 10.6 Å². The number of hydrogen-bond donors (Lipinski definition) is 2. The zero-order chi connectivity index (χ0) is 13.8. The Kier molecular flexibility index (Phi) is 6.48. The number of rotatable bonds is 5. The van der Waals surface area contributed by atoms with Crippen LogP contribution in [-0.4, -0.2) is 35.1 Å². The average Bonchev–Trinajstić information content (AvgIpc) is 2.74. The number of ether oxygens (including phenoxy) is 1. The maximum absolute atomic E-state index is 11.6. The predicted octanol–water partition coefficient (Wildman–Crippen LogP) is 2.22. The molecule has 18 heavy (non-hydrogen) atoms. The van der Waals surface area contributed by atoms with E-state index in [9.17, 15) is 4.79 Å². The summed E-state index contributed by atoms with van der Waals surface area (Å²) in [4.78, 5) is 11.6. The van der Waals surface area contributed by atoms with Gasteiger partial charge in [-0.3, -0.25) is 10.1 Å². The molecular formula is C11H19Cl3N2O2. The summed E-state index contributed by atoms with van der Waals surface area (Å²) in [7, 11) is 0. The molecule has 1 heterocycles. The second-order valence-corrected chi connectivity index (χ2v) is 7.05. The van der Waals surface area contributed by atoms with Gasteiger partial charge in [0.2, 0.25) is 9.70 Å². The fourth-order valence-electron chi connectivity index (χ4n) is 1.61. The fourth-order valence-corrected chi connectivity index (χ4v) is 2.01. The third kappa shape index (κ3) is 5.49. The second kappa shape index (κ2) is 7.15. The number of hydrogen-bond acceptors (Lipinski definition) is 3. The van der Waals surface area contributed by atoms with Crippen LogP contribution in [0.15, 0.2) is 0 Å². The van der Waals surface area contributed by atoms with Crippen LogP contribution in [0.25, 0.3) is 0 Å². The Labute approximate surface area is 123 Å². The molecule has 1 saturated heterocycles. The minimum Gasteiger partial charge on any atom is -0.377 e. The van der Waals surface area contributed by atoms with Gasteiger partial charge in [0.15, 0.2) is 0 Å². The number of carbonyl (C=O) groups excluding carboxylic acids is 1. The van der Waals surface area contributed by atoms with E-state index >= 15 is 0 Å². The zero-order valence-electron chi connectivity index (χ0n) is 10.5. The van der Waals surface area contributed by atoms with Crippen molar-refractivity contribution in [2.75, 3.05) is 13.2 Å². The monoisotopic (exact) mass is 316 g/mol. The standard InChI is InChI=1S/C11H19Cl3N2O2/c1-7(2)9(17)16-10(11(12,13)14)15-6-8-4-3-5-18-8/h7-8,10,15H,3-6H2,1-2H3,(H,16,17)/t8-,10+/m0/s1. The van der Waals surface area contributed by atoms with Crippen molar-refractivity contribution in [2.24, 2.45) is 5.92 Å². The lowest BCUT2D eigenvalue weighted by Crippen LogP contribution is -2.55. The highest BCUT2D eigenvalue weighted by Gasteiger charge is 2.34. The molecule has 1 aliphatic rings. The summed E-state index contributed by atoms with van der Waals surface area (Å²) in [6.45, 7) is 4.88. The molecule has 1 amide bonds. The van der Waals surface area contributed by atoms with Crippen LogP contribution in [0.1, 0.15) is 26.7 Å². The molecule has 2 atom stereocenters. The minimum absolute atomic E-state index is 0.121. The van der Waals surface area contributed by atoms with Crippen molar-refractivity contribution in [2.45, 2.75) is 42.8 Å². The van der Waals surface area contributed by atoms with Crippen molar-refractivity contribution < 1.29 is 9.53 Å². The van der Waals surface area contributed by atoms with E-state index in [0.29, 0.717) is 6.54 Å². The topological polar surface area (TPSA) is 50.4 Å². The number of carbonyl (C=O) groups is 1.